The van der Waals surface area contributed by atoms with E-state index in [1.54, 1.807) is 0 Å². The SMILES string of the molecule is OC(Cc1c(F)cccc1F)C12CC3CC(CC(C3)C1)C2. The topological polar surface area (TPSA) is 20.2 Å². The van der Waals surface area contributed by atoms with E-state index in [-0.39, 0.29) is 17.4 Å². The van der Waals surface area contributed by atoms with Crippen LogP contribution in [0.1, 0.15) is 44.1 Å². The molecule has 21 heavy (non-hydrogen) atoms. The highest BCUT2D eigenvalue weighted by atomic mass is 19.1. The molecule has 3 heteroatoms. The lowest BCUT2D eigenvalue weighted by Gasteiger charge is -2.58. The summed E-state index contributed by atoms with van der Waals surface area (Å²) in [5.74, 6) is 1.14. The van der Waals surface area contributed by atoms with Crippen molar-refractivity contribution >= 4 is 0 Å². The summed E-state index contributed by atoms with van der Waals surface area (Å²) in [6.45, 7) is 0. The van der Waals surface area contributed by atoms with Gasteiger partial charge in [0.25, 0.3) is 0 Å². The molecule has 1 aromatic carbocycles. The molecule has 0 aromatic heterocycles. The minimum absolute atomic E-state index is 0.0562. The first-order valence-corrected chi connectivity index (χ1v) is 8.17. The molecule has 4 aliphatic carbocycles. The molecule has 0 aliphatic heterocycles. The number of aliphatic hydroxyl groups is 1. The zero-order valence-electron chi connectivity index (χ0n) is 12.2. The lowest BCUT2D eigenvalue weighted by atomic mass is 9.48. The highest BCUT2D eigenvalue weighted by Crippen LogP contribution is 2.61. The Morgan fingerprint density at radius 1 is 1.00 bits per heavy atom. The monoisotopic (exact) mass is 292 g/mol. The second-order valence-corrected chi connectivity index (χ2v) is 7.70. The lowest BCUT2D eigenvalue weighted by molar-refractivity contribution is -0.119. The van der Waals surface area contributed by atoms with Crippen molar-refractivity contribution in [3.8, 4) is 0 Å². The zero-order valence-corrected chi connectivity index (χ0v) is 12.2. The van der Waals surface area contributed by atoms with Crippen LogP contribution in [0.2, 0.25) is 0 Å². The summed E-state index contributed by atoms with van der Waals surface area (Å²) < 4.78 is 27.7. The molecule has 1 nitrogen and oxygen atoms in total. The molecular weight excluding hydrogens is 270 g/mol. The number of hydrogen-bond donors (Lipinski definition) is 1. The van der Waals surface area contributed by atoms with Crippen LogP contribution in [-0.4, -0.2) is 11.2 Å². The quantitative estimate of drug-likeness (QED) is 0.890. The Labute approximate surface area is 124 Å². The van der Waals surface area contributed by atoms with Crippen molar-refractivity contribution in [1.29, 1.82) is 0 Å². The Balaban J connectivity index is 1.59. The maximum atomic E-state index is 13.8. The van der Waals surface area contributed by atoms with Gasteiger partial charge in [-0.25, -0.2) is 8.78 Å². The Morgan fingerprint density at radius 3 is 1.95 bits per heavy atom. The van der Waals surface area contributed by atoms with Crippen molar-refractivity contribution < 1.29 is 13.9 Å². The van der Waals surface area contributed by atoms with E-state index >= 15 is 0 Å². The number of rotatable bonds is 3. The summed E-state index contributed by atoms with van der Waals surface area (Å²) in [7, 11) is 0. The van der Waals surface area contributed by atoms with Gasteiger partial charge >= 0.3 is 0 Å². The minimum atomic E-state index is -0.614. The van der Waals surface area contributed by atoms with Gasteiger partial charge in [0.1, 0.15) is 11.6 Å². The third-order valence-electron chi connectivity index (χ3n) is 6.25. The van der Waals surface area contributed by atoms with Crippen molar-refractivity contribution in [2.75, 3.05) is 0 Å². The van der Waals surface area contributed by atoms with E-state index in [4.69, 9.17) is 0 Å². The van der Waals surface area contributed by atoms with E-state index in [1.165, 1.54) is 37.5 Å². The fourth-order valence-corrected chi connectivity index (χ4v) is 5.72. The fourth-order valence-electron chi connectivity index (χ4n) is 5.72. The molecule has 4 aliphatic rings. The van der Waals surface area contributed by atoms with E-state index in [2.05, 4.69) is 0 Å². The molecule has 114 valence electrons. The maximum absolute atomic E-state index is 13.8. The van der Waals surface area contributed by atoms with Crippen molar-refractivity contribution in [2.45, 2.75) is 51.0 Å². The van der Waals surface area contributed by atoms with Crippen molar-refractivity contribution in [2.24, 2.45) is 23.2 Å². The standard InChI is InChI=1S/C18H22F2O/c19-15-2-1-3-16(20)14(15)7-17(21)18-8-11-4-12(9-18)6-13(5-11)10-18/h1-3,11-13,17,21H,4-10H2. The molecule has 1 aromatic rings. The van der Waals surface area contributed by atoms with Crippen LogP contribution in [0.4, 0.5) is 8.78 Å². The van der Waals surface area contributed by atoms with E-state index < -0.39 is 17.7 Å². The molecule has 0 saturated heterocycles. The van der Waals surface area contributed by atoms with Crippen LogP contribution < -0.4 is 0 Å². The van der Waals surface area contributed by atoms with Gasteiger partial charge in [-0.05, 0) is 73.8 Å². The smallest absolute Gasteiger partial charge is 0.129 e. The highest BCUT2D eigenvalue weighted by molar-refractivity contribution is 5.21. The van der Waals surface area contributed by atoms with Gasteiger partial charge in [0, 0.05) is 12.0 Å². The second-order valence-electron chi connectivity index (χ2n) is 7.70. The number of aliphatic hydroxyl groups excluding tert-OH is 1. The number of hydrogen-bond acceptors (Lipinski definition) is 1. The summed E-state index contributed by atoms with van der Waals surface area (Å²) in [5.41, 5.74) is -0.0236. The summed E-state index contributed by atoms with van der Waals surface area (Å²) >= 11 is 0. The van der Waals surface area contributed by atoms with E-state index in [0.717, 1.165) is 37.0 Å². The third-order valence-corrected chi connectivity index (χ3v) is 6.25. The molecule has 1 N–H and O–H groups in total. The zero-order chi connectivity index (χ0) is 14.6. The van der Waals surface area contributed by atoms with Crippen molar-refractivity contribution in [3.05, 3.63) is 35.4 Å². The van der Waals surface area contributed by atoms with E-state index in [0.29, 0.717) is 0 Å². The van der Waals surface area contributed by atoms with E-state index in [1.807, 2.05) is 0 Å². The fraction of sp³-hybridized carbons (Fsp3) is 0.667. The molecule has 4 bridgehead atoms. The number of benzene rings is 1. The van der Waals surface area contributed by atoms with Gasteiger partial charge in [0.2, 0.25) is 0 Å². The van der Waals surface area contributed by atoms with Gasteiger partial charge in [-0.2, -0.15) is 0 Å². The van der Waals surface area contributed by atoms with Gasteiger partial charge in [0.05, 0.1) is 6.10 Å². The van der Waals surface area contributed by atoms with Crippen LogP contribution in [0.15, 0.2) is 18.2 Å². The average molecular weight is 292 g/mol. The molecule has 0 spiro atoms. The summed E-state index contributed by atoms with van der Waals surface area (Å²) in [6.07, 6.45) is 6.57. The lowest BCUT2D eigenvalue weighted by Crippen LogP contribution is -2.52. The summed E-state index contributed by atoms with van der Waals surface area (Å²) in [4.78, 5) is 0. The molecule has 0 heterocycles. The first-order valence-electron chi connectivity index (χ1n) is 8.17. The van der Waals surface area contributed by atoms with Crippen molar-refractivity contribution in [3.63, 3.8) is 0 Å². The van der Waals surface area contributed by atoms with Crippen LogP contribution >= 0.6 is 0 Å². The van der Waals surface area contributed by atoms with Crippen molar-refractivity contribution in [1.82, 2.24) is 0 Å². The molecule has 0 radical (unpaired) electrons. The Bertz CT molecular complexity index is 499. The molecule has 4 saturated carbocycles. The number of halogens is 2. The summed E-state index contributed by atoms with van der Waals surface area (Å²) in [6, 6.07) is 3.95. The predicted octanol–water partition coefficient (Wildman–Crippen LogP) is 4.08. The molecule has 0 amide bonds. The maximum Gasteiger partial charge on any atom is 0.129 e. The van der Waals surface area contributed by atoms with Crippen LogP contribution in [0.3, 0.4) is 0 Å². The van der Waals surface area contributed by atoms with Gasteiger partial charge in [-0.15, -0.1) is 0 Å². The van der Waals surface area contributed by atoms with Gasteiger partial charge in [-0.1, -0.05) is 6.07 Å². The highest BCUT2D eigenvalue weighted by Gasteiger charge is 2.53. The molecular formula is C18H22F2O. The Kier molecular flexibility index (Phi) is 3.11. The molecule has 5 rings (SSSR count). The van der Waals surface area contributed by atoms with Gasteiger partial charge < -0.3 is 5.11 Å². The largest absolute Gasteiger partial charge is 0.392 e. The van der Waals surface area contributed by atoms with Crippen LogP contribution in [0.25, 0.3) is 0 Å². The molecule has 1 atom stereocenters. The first-order chi connectivity index (χ1) is 10.1. The van der Waals surface area contributed by atoms with Crippen LogP contribution in [0.5, 0.6) is 0 Å². The van der Waals surface area contributed by atoms with Gasteiger partial charge in [-0.3, -0.25) is 0 Å². The molecule has 1 unspecified atom stereocenters. The average Bonchev–Trinajstić information content (AvgIpc) is 2.41. The van der Waals surface area contributed by atoms with Crippen LogP contribution in [0, 0.1) is 34.8 Å². The third kappa shape index (κ3) is 2.21. The minimum Gasteiger partial charge on any atom is -0.392 e. The first kappa shape index (κ1) is 13.7. The van der Waals surface area contributed by atoms with Gasteiger partial charge in [0.15, 0.2) is 0 Å². The predicted molar refractivity (Wildman–Crippen MR) is 76.7 cm³/mol. The normalized spacial score (nSPS) is 38.7. The van der Waals surface area contributed by atoms with Crippen LogP contribution in [-0.2, 0) is 6.42 Å². The Morgan fingerprint density at radius 2 is 1.48 bits per heavy atom. The second kappa shape index (κ2) is 4.77. The Hall–Kier alpha value is -0.960. The van der Waals surface area contributed by atoms with E-state index in [9.17, 15) is 13.9 Å². The molecule has 4 fully saturated rings. The summed E-state index contributed by atoms with van der Waals surface area (Å²) in [5, 5.41) is 10.8.